The molecular formula is C27H19ClFN3O. The number of rotatable bonds is 5. The Morgan fingerprint density at radius 2 is 1.82 bits per heavy atom. The highest BCUT2D eigenvalue weighted by atomic mass is 35.5. The molecule has 6 heteroatoms. The lowest BCUT2D eigenvalue weighted by Gasteiger charge is -2.08. The van der Waals surface area contributed by atoms with Crippen LogP contribution >= 0.6 is 11.6 Å². The summed E-state index contributed by atoms with van der Waals surface area (Å²) in [6.45, 7) is 0.238. The lowest BCUT2D eigenvalue weighted by molar-refractivity contribution is -0.116. The third-order valence-electron chi connectivity index (χ3n) is 5.39. The first-order valence-corrected chi connectivity index (χ1v) is 10.8. The van der Waals surface area contributed by atoms with Crippen LogP contribution < -0.4 is 5.32 Å². The van der Waals surface area contributed by atoms with Gasteiger partial charge in [-0.05, 0) is 48.0 Å². The zero-order valence-electron chi connectivity index (χ0n) is 17.5. The van der Waals surface area contributed by atoms with Gasteiger partial charge in [0, 0.05) is 33.0 Å². The van der Waals surface area contributed by atoms with E-state index < -0.39 is 0 Å². The minimum atomic E-state index is -0.329. The molecule has 0 atom stereocenters. The first-order valence-electron chi connectivity index (χ1n) is 10.4. The Morgan fingerprint density at radius 3 is 2.64 bits per heavy atom. The fourth-order valence-corrected chi connectivity index (χ4v) is 3.94. The second kappa shape index (κ2) is 8.88. The van der Waals surface area contributed by atoms with Gasteiger partial charge in [-0.3, -0.25) is 4.79 Å². The number of fused-ring (bicyclic) bond motifs is 3. The number of para-hydroxylation sites is 1. The SMILES string of the molecule is O=C(/C=C/c1ccc(Cl)cc1)NCc1cc2c([nH]c3ccccc32)c(-c2cccc(F)c2)n1. The quantitative estimate of drug-likeness (QED) is 0.297. The van der Waals surface area contributed by atoms with Crippen LogP contribution in [0.25, 0.3) is 39.1 Å². The summed E-state index contributed by atoms with van der Waals surface area (Å²) in [6, 6.07) is 23.5. The molecule has 0 aliphatic heterocycles. The van der Waals surface area contributed by atoms with Crippen LogP contribution in [0.3, 0.4) is 0 Å². The third-order valence-corrected chi connectivity index (χ3v) is 5.64. The van der Waals surface area contributed by atoms with Crippen LogP contribution in [0.2, 0.25) is 5.02 Å². The summed E-state index contributed by atoms with van der Waals surface area (Å²) in [5.41, 5.74) is 4.67. The molecule has 0 radical (unpaired) electrons. The number of amides is 1. The van der Waals surface area contributed by atoms with Crippen LogP contribution in [0.4, 0.5) is 4.39 Å². The number of carbonyl (C=O) groups excluding carboxylic acids is 1. The molecule has 2 heterocycles. The predicted molar refractivity (Wildman–Crippen MR) is 131 cm³/mol. The van der Waals surface area contributed by atoms with Crippen molar-refractivity contribution in [1.82, 2.24) is 15.3 Å². The van der Waals surface area contributed by atoms with E-state index >= 15 is 0 Å². The van der Waals surface area contributed by atoms with E-state index in [4.69, 9.17) is 16.6 Å². The minimum Gasteiger partial charge on any atom is -0.353 e. The Labute approximate surface area is 194 Å². The maximum absolute atomic E-state index is 13.9. The van der Waals surface area contributed by atoms with Crippen molar-refractivity contribution in [3.63, 3.8) is 0 Å². The molecule has 4 nitrogen and oxygen atoms in total. The van der Waals surface area contributed by atoms with E-state index in [1.807, 2.05) is 48.5 Å². The number of benzene rings is 3. The molecule has 0 unspecified atom stereocenters. The summed E-state index contributed by atoms with van der Waals surface area (Å²) >= 11 is 5.89. The summed E-state index contributed by atoms with van der Waals surface area (Å²) in [5.74, 6) is -0.567. The van der Waals surface area contributed by atoms with E-state index in [9.17, 15) is 9.18 Å². The smallest absolute Gasteiger partial charge is 0.244 e. The Kier molecular flexibility index (Phi) is 5.63. The van der Waals surface area contributed by atoms with Crippen molar-refractivity contribution < 1.29 is 9.18 Å². The van der Waals surface area contributed by atoms with Crippen LogP contribution in [0, 0.1) is 5.82 Å². The molecule has 0 aliphatic carbocycles. The molecule has 2 N–H and O–H groups in total. The summed E-state index contributed by atoms with van der Waals surface area (Å²) in [6.07, 6.45) is 3.20. The van der Waals surface area contributed by atoms with Gasteiger partial charge in [0.2, 0.25) is 5.91 Å². The summed E-state index contributed by atoms with van der Waals surface area (Å²) in [4.78, 5) is 20.5. The molecule has 162 valence electrons. The first-order chi connectivity index (χ1) is 16.1. The predicted octanol–water partition coefficient (Wildman–Crippen LogP) is 6.51. The van der Waals surface area contributed by atoms with Crippen LogP contribution in [-0.4, -0.2) is 15.9 Å². The van der Waals surface area contributed by atoms with Crippen molar-refractivity contribution in [2.75, 3.05) is 0 Å². The summed E-state index contributed by atoms with van der Waals surface area (Å²) in [7, 11) is 0. The molecule has 5 aromatic rings. The number of aromatic amines is 1. The number of pyridine rings is 1. The first kappa shape index (κ1) is 20.9. The van der Waals surface area contributed by atoms with Crippen LogP contribution in [0.1, 0.15) is 11.3 Å². The fourth-order valence-electron chi connectivity index (χ4n) is 3.82. The van der Waals surface area contributed by atoms with Crippen LogP contribution in [0.5, 0.6) is 0 Å². The van der Waals surface area contributed by atoms with Gasteiger partial charge < -0.3 is 10.3 Å². The molecule has 0 bridgehead atoms. The standard InChI is InChI=1S/C27H19ClFN3O/c28-19-11-8-17(9-12-19)10-13-25(33)30-16-21-15-23-22-6-1-2-7-24(22)32-27(23)26(31-21)18-4-3-5-20(29)14-18/h1-15,32H,16H2,(H,30,33)/b13-10+. The van der Waals surface area contributed by atoms with E-state index in [2.05, 4.69) is 10.3 Å². The van der Waals surface area contributed by atoms with Gasteiger partial charge >= 0.3 is 0 Å². The van der Waals surface area contributed by atoms with E-state index in [1.165, 1.54) is 18.2 Å². The minimum absolute atomic E-state index is 0.238. The van der Waals surface area contributed by atoms with E-state index in [0.717, 1.165) is 27.4 Å². The number of nitrogens with one attached hydrogen (secondary N) is 2. The lowest BCUT2D eigenvalue weighted by atomic mass is 10.1. The number of halogens is 2. The Morgan fingerprint density at radius 1 is 1.00 bits per heavy atom. The van der Waals surface area contributed by atoms with Gasteiger partial charge in [0.25, 0.3) is 0 Å². The van der Waals surface area contributed by atoms with Gasteiger partial charge in [-0.2, -0.15) is 0 Å². The summed E-state index contributed by atoms with van der Waals surface area (Å²) < 4.78 is 13.9. The zero-order chi connectivity index (χ0) is 22.8. The molecule has 1 amide bonds. The number of hydrogen-bond donors (Lipinski definition) is 2. The van der Waals surface area contributed by atoms with E-state index in [0.29, 0.717) is 22.0 Å². The van der Waals surface area contributed by atoms with Crippen LogP contribution in [-0.2, 0) is 11.3 Å². The van der Waals surface area contributed by atoms with Crippen molar-refractivity contribution >= 4 is 45.4 Å². The summed E-state index contributed by atoms with van der Waals surface area (Å²) in [5, 5.41) is 5.54. The van der Waals surface area contributed by atoms with Crippen LogP contribution in [0.15, 0.2) is 84.9 Å². The number of H-pyrrole nitrogens is 1. The largest absolute Gasteiger partial charge is 0.353 e. The van der Waals surface area contributed by atoms with Gasteiger partial charge in [-0.25, -0.2) is 9.37 Å². The Balaban J connectivity index is 1.47. The zero-order valence-corrected chi connectivity index (χ0v) is 18.2. The van der Waals surface area contributed by atoms with Crippen molar-refractivity contribution in [3.05, 3.63) is 107 Å². The van der Waals surface area contributed by atoms with Crippen molar-refractivity contribution in [2.45, 2.75) is 6.54 Å². The highest BCUT2D eigenvalue weighted by Gasteiger charge is 2.14. The number of aromatic nitrogens is 2. The molecule has 0 saturated heterocycles. The number of hydrogen-bond acceptors (Lipinski definition) is 2. The molecular weight excluding hydrogens is 437 g/mol. The molecule has 0 fully saturated rings. The fraction of sp³-hybridized carbons (Fsp3) is 0.0370. The maximum atomic E-state index is 13.9. The molecule has 33 heavy (non-hydrogen) atoms. The van der Waals surface area contributed by atoms with Gasteiger partial charge in [-0.1, -0.05) is 54.1 Å². The molecule has 5 rings (SSSR count). The third kappa shape index (κ3) is 4.49. The second-order valence-corrected chi connectivity index (χ2v) is 8.10. The van der Waals surface area contributed by atoms with Crippen molar-refractivity contribution in [2.24, 2.45) is 0 Å². The topological polar surface area (TPSA) is 57.8 Å². The molecule has 0 saturated carbocycles. The average molecular weight is 456 g/mol. The molecule has 0 aliphatic rings. The molecule has 2 aromatic heterocycles. The maximum Gasteiger partial charge on any atom is 0.244 e. The van der Waals surface area contributed by atoms with Gasteiger partial charge in [-0.15, -0.1) is 0 Å². The monoisotopic (exact) mass is 455 g/mol. The van der Waals surface area contributed by atoms with Gasteiger partial charge in [0.15, 0.2) is 0 Å². The van der Waals surface area contributed by atoms with E-state index in [-0.39, 0.29) is 18.3 Å². The Hall–Kier alpha value is -3.96. The van der Waals surface area contributed by atoms with Crippen molar-refractivity contribution in [3.8, 4) is 11.3 Å². The lowest BCUT2D eigenvalue weighted by Crippen LogP contribution is -2.21. The van der Waals surface area contributed by atoms with Gasteiger partial charge in [0.05, 0.1) is 23.4 Å². The number of carbonyl (C=O) groups is 1. The number of nitrogens with zero attached hydrogens (tertiary/aromatic N) is 1. The van der Waals surface area contributed by atoms with Gasteiger partial charge in [0.1, 0.15) is 5.82 Å². The average Bonchev–Trinajstić information content (AvgIpc) is 3.20. The van der Waals surface area contributed by atoms with E-state index in [1.54, 1.807) is 24.3 Å². The highest BCUT2D eigenvalue weighted by molar-refractivity contribution is 6.30. The molecule has 3 aromatic carbocycles. The van der Waals surface area contributed by atoms with Crippen molar-refractivity contribution in [1.29, 1.82) is 0 Å². The molecule has 0 spiro atoms. The Bertz CT molecular complexity index is 1510. The second-order valence-electron chi connectivity index (χ2n) is 7.67. The highest BCUT2D eigenvalue weighted by Crippen LogP contribution is 2.32. The normalized spacial score (nSPS) is 11.5.